The van der Waals surface area contributed by atoms with E-state index in [-0.39, 0.29) is 5.92 Å². The third-order valence-electron chi connectivity index (χ3n) is 3.16. The second-order valence-corrected chi connectivity index (χ2v) is 5.45. The number of hydrogen-bond donors (Lipinski definition) is 1. The van der Waals surface area contributed by atoms with E-state index in [1.807, 2.05) is 0 Å². The first-order valence-corrected chi connectivity index (χ1v) is 6.73. The van der Waals surface area contributed by atoms with Crippen LogP contribution >= 0.6 is 0 Å². The average molecular weight is 254 g/mol. The molecule has 1 aliphatic heterocycles. The zero-order valence-corrected chi connectivity index (χ0v) is 11.1. The Morgan fingerprint density at radius 2 is 2.28 bits per heavy atom. The van der Waals surface area contributed by atoms with Gasteiger partial charge in [-0.3, -0.25) is 0 Å². The summed E-state index contributed by atoms with van der Waals surface area (Å²) in [7, 11) is 0. The van der Waals surface area contributed by atoms with E-state index in [0.29, 0.717) is 24.8 Å². The Morgan fingerprint density at radius 1 is 1.44 bits per heavy atom. The minimum absolute atomic E-state index is 0.249. The molecule has 0 spiro atoms. The van der Waals surface area contributed by atoms with Crippen LogP contribution in [0.2, 0.25) is 0 Å². The van der Waals surface area contributed by atoms with Crippen LogP contribution in [0.3, 0.4) is 0 Å². The fraction of sp³-hybridized carbons (Fsp3) is 0.846. The first-order valence-electron chi connectivity index (χ1n) is 6.73. The molecule has 102 valence electrons. The van der Waals surface area contributed by atoms with Crippen LogP contribution < -0.4 is 0 Å². The van der Waals surface area contributed by atoms with Crippen molar-refractivity contribution in [2.75, 3.05) is 13.2 Å². The quantitative estimate of drug-likeness (QED) is 0.869. The van der Waals surface area contributed by atoms with Gasteiger partial charge < -0.3 is 14.4 Å². The second-order valence-electron chi connectivity index (χ2n) is 5.45. The van der Waals surface area contributed by atoms with E-state index in [4.69, 9.17) is 9.26 Å². The Morgan fingerprint density at radius 3 is 2.94 bits per heavy atom. The molecule has 2 atom stereocenters. The Hall–Kier alpha value is -0.940. The number of aliphatic hydroxyl groups is 1. The Bertz CT molecular complexity index is 359. The van der Waals surface area contributed by atoms with E-state index in [1.54, 1.807) is 0 Å². The SMILES string of the molecule is CC(C)CC(O)Cc1nc(C2CCCOC2)no1. The lowest BCUT2D eigenvalue weighted by molar-refractivity contribution is 0.0773. The van der Waals surface area contributed by atoms with Gasteiger partial charge in [-0.15, -0.1) is 0 Å². The minimum atomic E-state index is -0.402. The van der Waals surface area contributed by atoms with E-state index in [9.17, 15) is 5.11 Å². The summed E-state index contributed by atoms with van der Waals surface area (Å²) < 4.78 is 10.6. The predicted molar refractivity (Wildman–Crippen MR) is 66.3 cm³/mol. The number of hydrogen-bond acceptors (Lipinski definition) is 5. The monoisotopic (exact) mass is 254 g/mol. The van der Waals surface area contributed by atoms with E-state index in [2.05, 4.69) is 24.0 Å². The molecular formula is C13H22N2O3. The molecule has 0 saturated carbocycles. The Kier molecular flexibility index (Phi) is 4.72. The minimum Gasteiger partial charge on any atom is -0.393 e. The first kappa shape index (κ1) is 13.5. The molecule has 1 fully saturated rings. The maximum Gasteiger partial charge on any atom is 0.229 e. The highest BCUT2D eigenvalue weighted by Crippen LogP contribution is 2.23. The molecule has 0 radical (unpaired) electrons. The van der Waals surface area contributed by atoms with Crippen LogP contribution in [0.1, 0.15) is 50.7 Å². The molecule has 5 heteroatoms. The van der Waals surface area contributed by atoms with Crippen molar-refractivity contribution in [3.05, 3.63) is 11.7 Å². The summed E-state index contributed by atoms with van der Waals surface area (Å²) in [5, 5.41) is 13.8. The van der Waals surface area contributed by atoms with Gasteiger partial charge in [0.1, 0.15) is 0 Å². The largest absolute Gasteiger partial charge is 0.393 e. The van der Waals surface area contributed by atoms with Crippen molar-refractivity contribution in [1.82, 2.24) is 10.1 Å². The molecule has 1 aromatic heterocycles. The number of ether oxygens (including phenoxy) is 1. The van der Waals surface area contributed by atoms with Gasteiger partial charge in [0.2, 0.25) is 5.89 Å². The maximum absolute atomic E-state index is 9.84. The third kappa shape index (κ3) is 3.78. The molecule has 0 aromatic carbocycles. The normalized spacial score (nSPS) is 22.3. The number of aromatic nitrogens is 2. The van der Waals surface area contributed by atoms with Crippen LogP contribution in [0.5, 0.6) is 0 Å². The molecule has 18 heavy (non-hydrogen) atoms. The van der Waals surface area contributed by atoms with Gasteiger partial charge >= 0.3 is 0 Å². The van der Waals surface area contributed by atoms with Gasteiger partial charge in [-0.2, -0.15) is 4.98 Å². The summed E-state index contributed by atoms with van der Waals surface area (Å²) in [6.45, 7) is 5.67. The summed E-state index contributed by atoms with van der Waals surface area (Å²) in [5.74, 6) is 1.97. The zero-order valence-electron chi connectivity index (χ0n) is 11.1. The maximum atomic E-state index is 9.84. The lowest BCUT2D eigenvalue weighted by atomic mass is 10.0. The Labute approximate surface area is 108 Å². The molecule has 0 aliphatic carbocycles. The van der Waals surface area contributed by atoms with Crippen molar-refractivity contribution in [2.45, 2.75) is 51.6 Å². The topological polar surface area (TPSA) is 68.4 Å². The number of rotatable bonds is 5. The predicted octanol–water partition coefficient (Wildman–Crippen LogP) is 1.91. The first-order chi connectivity index (χ1) is 8.65. The molecular weight excluding hydrogens is 232 g/mol. The standard InChI is InChI=1S/C13H22N2O3/c1-9(2)6-11(16)7-12-14-13(15-18-12)10-4-3-5-17-8-10/h9-11,16H,3-8H2,1-2H3. The summed E-state index contributed by atoms with van der Waals surface area (Å²) in [6, 6.07) is 0. The van der Waals surface area contributed by atoms with Gasteiger partial charge in [0.15, 0.2) is 5.82 Å². The van der Waals surface area contributed by atoms with Crippen molar-refractivity contribution in [1.29, 1.82) is 0 Å². The molecule has 2 heterocycles. The summed E-state index contributed by atoms with van der Waals surface area (Å²) >= 11 is 0. The highest BCUT2D eigenvalue weighted by atomic mass is 16.5. The van der Waals surface area contributed by atoms with Gasteiger partial charge in [0.25, 0.3) is 0 Å². The summed E-state index contributed by atoms with van der Waals surface area (Å²) in [4.78, 5) is 4.36. The van der Waals surface area contributed by atoms with E-state index in [1.165, 1.54) is 0 Å². The molecule has 2 unspecified atom stereocenters. The summed E-state index contributed by atoms with van der Waals surface area (Å²) in [5.41, 5.74) is 0. The molecule has 1 N–H and O–H groups in total. The smallest absolute Gasteiger partial charge is 0.229 e. The van der Waals surface area contributed by atoms with E-state index >= 15 is 0 Å². The van der Waals surface area contributed by atoms with Crippen molar-refractivity contribution in [3.63, 3.8) is 0 Å². The van der Waals surface area contributed by atoms with E-state index < -0.39 is 6.10 Å². The fourth-order valence-corrected chi connectivity index (χ4v) is 2.29. The Balaban J connectivity index is 1.89. The van der Waals surface area contributed by atoms with Crippen LogP contribution in [-0.4, -0.2) is 34.6 Å². The van der Waals surface area contributed by atoms with Crippen molar-refractivity contribution in [2.24, 2.45) is 5.92 Å². The highest BCUT2D eigenvalue weighted by Gasteiger charge is 2.22. The summed E-state index contributed by atoms with van der Waals surface area (Å²) in [6.07, 6.45) is 2.89. The molecule has 1 aromatic rings. The van der Waals surface area contributed by atoms with Gasteiger partial charge in [0, 0.05) is 12.5 Å². The number of nitrogens with zero attached hydrogens (tertiary/aromatic N) is 2. The van der Waals surface area contributed by atoms with Crippen LogP contribution in [0.4, 0.5) is 0 Å². The van der Waals surface area contributed by atoms with Crippen LogP contribution in [0.25, 0.3) is 0 Å². The van der Waals surface area contributed by atoms with Crippen molar-refractivity contribution >= 4 is 0 Å². The molecule has 0 amide bonds. The third-order valence-corrected chi connectivity index (χ3v) is 3.16. The van der Waals surface area contributed by atoms with Crippen LogP contribution in [0.15, 0.2) is 4.52 Å². The zero-order chi connectivity index (χ0) is 13.0. The highest BCUT2D eigenvalue weighted by molar-refractivity contribution is 4.97. The van der Waals surface area contributed by atoms with Gasteiger partial charge in [-0.25, -0.2) is 0 Å². The van der Waals surface area contributed by atoms with Crippen molar-refractivity contribution in [3.8, 4) is 0 Å². The molecule has 1 aliphatic rings. The second kappa shape index (κ2) is 6.29. The van der Waals surface area contributed by atoms with Gasteiger partial charge in [0.05, 0.1) is 19.1 Å². The molecule has 1 saturated heterocycles. The fourth-order valence-electron chi connectivity index (χ4n) is 2.29. The average Bonchev–Trinajstić information content (AvgIpc) is 2.77. The van der Waals surface area contributed by atoms with Crippen LogP contribution in [0, 0.1) is 5.92 Å². The van der Waals surface area contributed by atoms with E-state index in [0.717, 1.165) is 31.7 Å². The van der Waals surface area contributed by atoms with Gasteiger partial charge in [-0.1, -0.05) is 19.0 Å². The van der Waals surface area contributed by atoms with Crippen LogP contribution in [-0.2, 0) is 11.2 Å². The lowest BCUT2D eigenvalue weighted by Gasteiger charge is -2.18. The molecule has 2 rings (SSSR count). The van der Waals surface area contributed by atoms with Crippen molar-refractivity contribution < 1.29 is 14.4 Å². The van der Waals surface area contributed by atoms with Gasteiger partial charge in [-0.05, 0) is 25.2 Å². The molecule has 0 bridgehead atoms. The lowest BCUT2D eigenvalue weighted by Crippen LogP contribution is -2.17. The number of aliphatic hydroxyl groups excluding tert-OH is 1. The molecule has 5 nitrogen and oxygen atoms in total.